The molecule has 1 saturated carbocycles. The van der Waals surface area contributed by atoms with Crippen LogP contribution in [0, 0.1) is 12.7 Å². The van der Waals surface area contributed by atoms with E-state index in [1.165, 1.54) is 6.07 Å². The number of hydrogen-bond donors (Lipinski definition) is 3. The van der Waals surface area contributed by atoms with E-state index in [9.17, 15) is 19.7 Å². The van der Waals surface area contributed by atoms with Gasteiger partial charge in [-0.1, -0.05) is 0 Å². The van der Waals surface area contributed by atoms with Crippen LogP contribution in [0.4, 0.5) is 4.39 Å². The molecule has 3 nitrogen and oxygen atoms in total. The van der Waals surface area contributed by atoms with Crippen molar-refractivity contribution < 1.29 is 19.7 Å². The summed E-state index contributed by atoms with van der Waals surface area (Å²) in [6.07, 6.45) is 1.51. The van der Waals surface area contributed by atoms with Gasteiger partial charge in [-0.05, 0) is 37.0 Å². The summed E-state index contributed by atoms with van der Waals surface area (Å²) in [5, 5.41) is 28.2. The second-order valence-corrected chi connectivity index (χ2v) is 4.26. The van der Waals surface area contributed by atoms with E-state index >= 15 is 0 Å². The molecule has 1 aliphatic rings. The average Bonchev–Trinajstić information content (AvgIpc) is 2.89. The van der Waals surface area contributed by atoms with Gasteiger partial charge in [-0.3, -0.25) is 0 Å². The number of aromatic hydroxyl groups is 2. The van der Waals surface area contributed by atoms with Crippen LogP contribution in [0.2, 0.25) is 0 Å². The molecule has 2 rings (SSSR count). The van der Waals surface area contributed by atoms with E-state index in [2.05, 4.69) is 0 Å². The lowest BCUT2D eigenvalue weighted by Crippen LogP contribution is -2.12. The molecule has 0 saturated heterocycles. The Balaban J connectivity index is 2.39. The van der Waals surface area contributed by atoms with E-state index in [0.717, 1.165) is 0 Å². The number of aliphatic hydroxyl groups is 1. The zero-order chi connectivity index (χ0) is 11.2. The normalized spacial score (nSPS) is 17.8. The predicted octanol–water partition coefficient (Wildman–Crippen LogP) is 1.61. The molecule has 1 aromatic carbocycles. The molecule has 0 unspecified atom stereocenters. The average molecular weight is 212 g/mol. The Morgan fingerprint density at radius 2 is 1.93 bits per heavy atom. The fraction of sp³-hybridized carbons (Fsp3) is 0.455. The van der Waals surface area contributed by atoms with Gasteiger partial charge in [-0.15, -0.1) is 0 Å². The van der Waals surface area contributed by atoms with Crippen LogP contribution in [0.25, 0.3) is 0 Å². The third kappa shape index (κ3) is 1.77. The zero-order valence-corrected chi connectivity index (χ0v) is 8.42. The summed E-state index contributed by atoms with van der Waals surface area (Å²) in [6, 6.07) is 1.46. The molecule has 3 N–H and O–H groups in total. The maximum absolute atomic E-state index is 13.5. The highest BCUT2D eigenvalue weighted by Crippen LogP contribution is 2.41. The monoisotopic (exact) mass is 212 g/mol. The Morgan fingerprint density at radius 3 is 2.47 bits per heavy atom. The molecule has 4 heteroatoms. The number of phenols is 2. The second-order valence-electron chi connectivity index (χ2n) is 4.26. The molecule has 15 heavy (non-hydrogen) atoms. The lowest BCUT2D eigenvalue weighted by Gasteiger charge is -2.11. The lowest BCUT2D eigenvalue weighted by molar-refractivity contribution is 0.149. The van der Waals surface area contributed by atoms with Gasteiger partial charge < -0.3 is 15.3 Å². The molecule has 0 aliphatic heterocycles. The molecule has 0 amide bonds. The van der Waals surface area contributed by atoms with E-state index in [-0.39, 0.29) is 12.0 Å². The van der Waals surface area contributed by atoms with Crippen LogP contribution >= 0.6 is 0 Å². The molecule has 0 bridgehead atoms. The van der Waals surface area contributed by atoms with Crippen molar-refractivity contribution in [2.45, 2.75) is 31.8 Å². The summed E-state index contributed by atoms with van der Waals surface area (Å²) in [5.74, 6) is -1.99. The molecule has 1 aliphatic carbocycles. The summed E-state index contributed by atoms with van der Waals surface area (Å²) in [7, 11) is 0. The van der Waals surface area contributed by atoms with Crippen molar-refractivity contribution in [3.63, 3.8) is 0 Å². The van der Waals surface area contributed by atoms with Gasteiger partial charge in [-0.2, -0.15) is 0 Å². The lowest BCUT2D eigenvalue weighted by atomic mass is 10.0. The molecule has 1 aromatic rings. The van der Waals surface area contributed by atoms with Gasteiger partial charge >= 0.3 is 0 Å². The quantitative estimate of drug-likeness (QED) is 0.653. The third-order valence-electron chi connectivity index (χ3n) is 2.83. The third-order valence-corrected chi connectivity index (χ3v) is 2.83. The minimum atomic E-state index is -0.835. The van der Waals surface area contributed by atoms with Crippen molar-refractivity contribution in [3.05, 3.63) is 23.0 Å². The van der Waals surface area contributed by atoms with Crippen LogP contribution in [0.1, 0.15) is 24.0 Å². The molecule has 0 atom stereocenters. The number of rotatable bonds is 2. The zero-order valence-electron chi connectivity index (χ0n) is 8.42. The number of hydrogen-bond acceptors (Lipinski definition) is 3. The minimum Gasteiger partial charge on any atom is -0.504 e. The Bertz CT molecular complexity index is 411. The summed E-state index contributed by atoms with van der Waals surface area (Å²) < 4.78 is 13.5. The Labute approximate surface area is 86.8 Å². The largest absolute Gasteiger partial charge is 0.504 e. The van der Waals surface area contributed by atoms with Crippen molar-refractivity contribution in [2.75, 3.05) is 0 Å². The first kappa shape index (κ1) is 10.2. The van der Waals surface area contributed by atoms with Crippen LogP contribution < -0.4 is 0 Å². The molecule has 0 aromatic heterocycles. The number of halogens is 1. The van der Waals surface area contributed by atoms with E-state index in [4.69, 9.17) is 0 Å². The van der Waals surface area contributed by atoms with Crippen molar-refractivity contribution >= 4 is 0 Å². The first-order chi connectivity index (χ1) is 6.93. The van der Waals surface area contributed by atoms with Gasteiger partial charge in [0.1, 0.15) is 0 Å². The maximum Gasteiger partial charge on any atom is 0.194 e. The fourth-order valence-electron chi connectivity index (χ4n) is 1.64. The predicted molar refractivity (Wildman–Crippen MR) is 52.4 cm³/mol. The van der Waals surface area contributed by atoms with Crippen LogP contribution in [0.15, 0.2) is 6.07 Å². The van der Waals surface area contributed by atoms with Crippen LogP contribution in [0.5, 0.6) is 11.5 Å². The van der Waals surface area contributed by atoms with Gasteiger partial charge in [-0.25, -0.2) is 4.39 Å². The Morgan fingerprint density at radius 1 is 1.33 bits per heavy atom. The summed E-state index contributed by atoms with van der Waals surface area (Å²) in [5.41, 5.74) is -0.146. The van der Waals surface area contributed by atoms with Crippen LogP contribution in [0.3, 0.4) is 0 Å². The standard InChI is InChI=1S/C11H13FO3/c1-6-4-7(5-11(15)2-3-11)8(12)10(14)9(6)13/h4,13-15H,2-3,5H2,1H3. The van der Waals surface area contributed by atoms with Crippen LogP contribution in [-0.2, 0) is 6.42 Å². The van der Waals surface area contributed by atoms with E-state index in [1.807, 2.05) is 0 Å². The SMILES string of the molecule is Cc1cc(CC2(O)CC2)c(F)c(O)c1O. The maximum atomic E-state index is 13.5. The topological polar surface area (TPSA) is 60.7 Å². The highest BCUT2D eigenvalue weighted by atomic mass is 19.1. The Kier molecular flexibility index (Phi) is 2.12. The van der Waals surface area contributed by atoms with Crippen molar-refractivity contribution in [2.24, 2.45) is 0 Å². The van der Waals surface area contributed by atoms with Gasteiger partial charge in [0.2, 0.25) is 0 Å². The van der Waals surface area contributed by atoms with Gasteiger partial charge in [0.05, 0.1) is 5.60 Å². The Hall–Kier alpha value is -1.29. The molecule has 0 heterocycles. The van der Waals surface area contributed by atoms with E-state index in [1.54, 1.807) is 6.92 Å². The molecule has 0 radical (unpaired) electrons. The first-order valence-electron chi connectivity index (χ1n) is 4.85. The number of phenolic OH excluding ortho intramolecular Hbond substituents is 2. The van der Waals surface area contributed by atoms with Crippen molar-refractivity contribution in [1.29, 1.82) is 0 Å². The van der Waals surface area contributed by atoms with Crippen molar-refractivity contribution in [1.82, 2.24) is 0 Å². The fourth-order valence-corrected chi connectivity index (χ4v) is 1.64. The highest BCUT2D eigenvalue weighted by Gasteiger charge is 2.41. The molecular formula is C11H13FO3. The summed E-state index contributed by atoms with van der Waals surface area (Å²) in [6.45, 7) is 1.58. The van der Waals surface area contributed by atoms with Crippen LogP contribution in [-0.4, -0.2) is 20.9 Å². The molecular weight excluding hydrogens is 199 g/mol. The summed E-state index contributed by atoms with van der Waals surface area (Å²) in [4.78, 5) is 0. The smallest absolute Gasteiger partial charge is 0.194 e. The van der Waals surface area contributed by atoms with Crippen molar-refractivity contribution in [3.8, 4) is 11.5 Å². The highest BCUT2D eigenvalue weighted by molar-refractivity contribution is 5.48. The number of aryl methyl sites for hydroxylation is 1. The van der Waals surface area contributed by atoms with Gasteiger partial charge in [0, 0.05) is 6.42 Å². The van der Waals surface area contributed by atoms with E-state index in [0.29, 0.717) is 18.4 Å². The molecule has 0 spiro atoms. The van der Waals surface area contributed by atoms with Gasteiger partial charge in [0.25, 0.3) is 0 Å². The summed E-state index contributed by atoms with van der Waals surface area (Å²) >= 11 is 0. The van der Waals surface area contributed by atoms with E-state index < -0.39 is 22.9 Å². The second kappa shape index (κ2) is 3.10. The molecule has 82 valence electrons. The number of benzene rings is 1. The van der Waals surface area contributed by atoms with Gasteiger partial charge in [0.15, 0.2) is 17.3 Å². The first-order valence-corrected chi connectivity index (χ1v) is 4.85. The molecule has 1 fully saturated rings. The minimum absolute atomic E-state index is 0.188.